The first-order valence-corrected chi connectivity index (χ1v) is 7.99. The van der Waals surface area contributed by atoms with Crippen LogP contribution in [0.2, 0.25) is 0 Å². The maximum Gasteiger partial charge on any atom is 0.303 e. The number of aliphatic carboxylic acids is 1. The third-order valence-corrected chi connectivity index (χ3v) is 4.07. The molecule has 0 saturated heterocycles. The van der Waals surface area contributed by atoms with Crippen molar-refractivity contribution in [3.8, 4) is 0 Å². The number of ketones is 1. The molecule has 0 atom stereocenters. The van der Waals surface area contributed by atoms with Crippen molar-refractivity contribution in [2.45, 2.75) is 57.8 Å². The van der Waals surface area contributed by atoms with E-state index >= 15 is 0 Å². The van der Waals surface area contributed by atoms with Gasteiger partial charge in [-0.05, 0) is 18.8 Å². The van der Waals surface area contributed by atoms with Gasteiger partial charge in [-0.1, -0.05) is 31.1 Å². The molecule has 0 amide bonds. The van der Waals surface area contributed by atoms with E-state index in [4.69, 9.17) is 14.2 Å². The van der Waals surface area contributed by atoms with Crippen LogP contribution in [0.15, 0.2) is 15.1 Å². The number of carboxylic acid groups (broad SMARTS) is 1. The Balaban J connectivity index is 1.90. The molecule has 7 nitrogen and oxygen atoms in total. The Morgan fingerprint density at radius 3 is 2.50 bits per heavy atom. The molecule has 1 aliphatic rings. The molecule has 2 aromatic heterocycles. The fraction of sp³-hybridized carbons (Fsp3) is 0.529. The molecule has 0 bridgehead atoms. The molecule has 7 heteroatoms. The van der Waals surface area contributed by atoms with E-state index < -0.39 is 11.8 Å². The van der Waals surface area contributed by atoms with E-state index in [0.717, 1.165) is 18.4 Å². The van der Waals surface area contributed by atoms with E-state index in [1.165, 1.54) is 0 Å². The zero-order valence-electron chi connectivity index (χ0n) is 14.0. The Labute approximate surface area is 139 Å². The van der Waals surface area contributed by atoms with Crippen LogP contribution in [-0.4, -0.2) is 27.2 Å². The Kier molecular flexibility index (Phi) is 4.03. The second-order valence-corrected chi connectivity index (χ2v) is 7.20. The van der Waals surface area contributed by atoms with E-state index in [9.17, 15) is 9.59 Å². The van der Waals surface area contributed by atoms with Crippen LogP contribution in [0.5, 0.6) is 0 Å². The number of carboxylic acids is 1. The third kappa shape index (κ3) is 3.25. The lowest BCUT2D eigenvalue weighted by Gasteiger charge is -2.12. The van der Waals surface area contributed by atoms with Gasteiger partial charge in [-0.2, -0.15) is 0 Å². The first kappa shape index (κ1) is 16.4. The van der Waals surface area contributed by atoms with Gasteiger partial charge >= 0.3 is 5.97 Å². The molecule has 2 heterocycles. The molecule has 0 aromatic carbocycles. The molecule has 0 aliphatic heterocycles. The number of hydrogen-bond donors (Lipinski definition) is 1. The average Bonchev–Trinajstić information content (AvgIpc) is 3.05. The second-order valence-electron chi connectivity index (χ2n) is 7.20. The molecule has 2 aromatic rings. The SMILES string of the molecule is CC(C)(C)c1cc(C(=O)c2onc(CCC(=O)O)c2C2CC2)on1. The minimum absolute atomic E-state index is 0.0453. The van der Waals surface area contributed by atoms with Crippen molar-refractivity contribution in [1.29, 1.82) is 0 Å². The molecule has 24 heavy (non-hydrogen) atoms. The van der Waals surface area contributed by atoms with Gasteiger partial charge in [0.25, 0.3) is 5.78 Å². The summed E-state index contributed by atoms with van der Waals surface area (Å²) in [5, 5.41) is 16.7. The molecule has 0 radical (unpaired) electrons. The second kappa shape index (κ2) is 5.89. The normalized spacial score (nSPS) is 14.8. The predicted octanol–water partition coefficient (Wildman–Crippen LogP) is 3.09. The summed E-state index contributed by atoms with van der Waals surface area (Å²) < 4.78 is 10.4. The topological polar surface area (TPSA) is 106 Å². The van der Waals surface area contributed by atoms with E-state index in [2.05, 4.69) is 10.3 Å². The largest absolute Gasteiger partial charge is 0.481 e. The summed E-state index contributed by atoms with van der Waals surface area (Å²) in [5.74, 6) is -0.826. The summed E-state index contributed by atoms with van der Waals surface area (Å²) in [5.41, 5.74) is 1.74. The van der Waals surface area contributed by atoms with Gasteiger partial charge in [-0.25, -0.2) is 0 Å². The zero-order valence-corrected chi connectivity index (χ0v) is 14.0. The first-order valence-electron chi connectivity index (χ1n) is 7.99. The van der Waals surface area contributed by atoms with Gasteiger partial charge in [-0.3, -0.25) is 9.59 Å². The Morgan fingerprint density at radius 1 is 1.25 bits per heavy atom. The van der Waals surface area contributed by atoms with Crippen LogP contribution in [0.3, 0.4) is 0 Å². The smallest absolute Gasteiger partial charge is 0.303 e. The van der Waals surface area contributed by atoms with Crippen molar-refractivity contribution in [3.05, 3.63) is 34.5 Å². The zero-order chi connectivity index (χ0) is 17.5. The van der Waals surface area contributed by atoms with Crippen molar-refractivity contribution in [2.24, 2.45) is 0 Å². The van der Waals surface area contributed by atoms with Gasteiger partial charge in [0.05, 0.1) is 17.8 Å². The van der Waals surface area contributed by atoms with Crippen LogP contribution < -0.4 is 0 Å². The standard InChI is InChI=1S/C17H20N2O5/c1-17(2,3)12-8-11(23-19-12)15(22)16-14(9-4-5-9)10(18-24-16)6-7-13(20)21/h8-9H,4-7H2,1-3H3,(H,20,21). The lowest BCUT2D eigenvalue weighted by Crippen LogP contribution is -2.11. The number of carbonyl (C=O) groups excluding carboxylic acids is 1. The maximum atomic E-state index is 12.7. The average molecular weight is 332 g/mol. The lowest BCUT2D eigenvalue weighted by atomic mass is 9.92. The number of rotatable bonds is 6. The summed E-state index contributed by atoms with van der Waals surface area (Å²) in [6, 6.07) is 1.62. The van der Waals surface area contributed by atoms with Crippen LogP contribution in [0.4, 0.5) is 0 Å². The van der Waals surface area contributed by atoms with Crippen LogP contribution in [-0.2, 0) is 16.6 Å². The Bertz CT molecular complexity index is 777. The molecule has 0 spiro atoms. The van der Waals surface area contributed by atoms with E-state index in [-0.39, 0.29) is 35.7 Å². The van der Waals surface area contributed by atoms with Crippen molar-refractivity contribution < 1.29 is 23.7 Å². The number of hydrogen-bond acceptors (Lipinski definition) is 6. The summed E-state index contributed by atoms with van der Waals surface area (Å²) in [6.07, 6.45) is 2.11. The van der Waals surface area contributed by atoms with Crippen molar-refractivity contribution in [2.75, 3.05) is 0 Å². The Morgan fingerprint density at radius 2 is 1.96 bits per heavy atom. The summed E-state index contributed by atoms with van der Waals surface area (Å²) >= 11 is 0. The minimum atomic E-state index is -0.905. The quantitative estimate of drug-likeness (QED) is 0.810. The summed E-state index contributed by atoms with van der Waals surface area (Å²) in [4.78, 5) is 23.5. The number of aromatic nitrogens is 2. The number of nitrogens with zero attached hydrogens (tertiary/aromatic N) is 2. The van der Waals surface area contributed by atoms with Crippen molar-refractivity contribution >= 4 is 11.8 Å². The Hall–Kier alpha value is -2.44. The molecule has 1 aliphatic carbocycles. The highest BCUT2D eigenvalue weighted by Crippen LogP contribution is 2.44. The summed E-state index contributed by atoms with van der Waals surface area (Å²) in [6.45, 7) is 5.94. The fourth-order valence-corrected chi connectivity index (χ4v) is 2.54. The van der Waals surface area contributed by atoms with E-state index in [1.54, 1.807) is 6.07 Å². The fourth-order valence-electron chi connectivity index (χ4n) is 2.54. The highest BCUT2D eigenvalue weighted by Gasteiger charge is 2.36. The van der Waals surface area contributed by atoms with E-state index in [1.807, 2.05) is 20.8 Å². The molecular weight excluding hydrogens is 312 g/mol. The molecule has 3 rings (SSSR count). The summed E-state index contributed by atoms with van der Waals surface area (Å²) in [7, 11) is 0. The van der Waals surface area contributed by atoms with Crippen molar-refractivity contribution in [1.82, 2.24) is 10.3 Å². The molecule has 128 valence electrons. The number of carbonyl (C=O) groups is 2. The van der Waals surface area contributed by atoms with Gasteiger partial charge < -0.3 is 14.2 Å². The van der Waals surface area contributed by atoms with Crippen molar-refractivity contribution in [3.63, 3.8) is 0 Å². The van der Waals surface area contributed by atoms with Gasteiger partial charge in [0.15, 0.2) is 0 Å². The van der Waals surface area contributed by atoms with Gasteiger partial charge in [-0.15, -0.1) is 0 Å². The number of aryl methyl sites for hydroxylation is 1. The first-order chi connectivity index (χ1) is 11.3. The highest BCUT2D eigenvalue weighted by molar-refractivity contribution is 6.06. The lowest BCUT2D eigenvalue weighted by molar-refractivity contribution is -0.136. The van der Waals surface area contributed by atoms with Gasteiger partial charge in [0.2, 0.25) is 11.5 Å². The van der Waals surface area contributed by atoms with E-state index in [0.29, 0.717) is 11.4 Å². The molecule has 1 saturated carbocycles. The third-order valence-electron chi connectivity index (χ3n) is 4.07. The molecular formula is C17H20N2O5. The molecule has 1 fully saturated rings. The highest BCUT2D eigenvalue weighted by atomic mass is 16.5. The van der Waals surface area contributed by atoms with Gasteiger partial charge in [0.1, 0.15) is 0 Å². The van der Waals surface area contributed by atoms with Crippen LogP contribution in [0.25, 0.3) is 0 Å². The van der Waals surface area contributed by atoms with Gasteiger partial charge in [0, 0.05) is 23.5 Å². The van der Waals surface area contributed by atoms with Crippen LogP contribution in [0, 0.1) is 0 Å². The molecule has 1 N–H and O–H groups in total. The maximum absolute atomic E-state index is 12.7. The monoisotopic (exact) mass is 332 g/mol. The minimum Gasteiger partial charge on any atom is -0.481 e. The van der Waals surface area contributed by atoms with Crippen LogP contribution >= 0.6 is 0 Å². The van der Waals surface area contributed by atoms with Crippen LogP contribution in [0.1, 0.15) is 79.2 Å². The predicted molar refractivity (Wildman–Crippen MR) is 83.1 cm³/mol. The molecule has 0 unspecified atom stereocenters.